The van der Waals surface area contributed by atoms with E-state index in [-0.39, 0.29) is 6.03 Å². The Labute approximate surface area is 47.4 Å². The van der Waals surface area contributed by atoms with Gasteiger partial charge in [0.1, 0.15) is 0 Å². The number of hydrogen-bond acceptors (Lipinski definition) is 1. The van der Waals surface area contributed by atoms with Crippen LogP contribution in [-0.4, -0.2) is 18.1 Å². The van der Waals surface area contributed by atoms with Gasteiger partial charge >= 0.3 is 6.03 Å². The molecule has 0 aromatic rings. The molecule has 2 N–H and O–H groups in total. The molecule has 1 saturated carbocycles. The Balaban J connectivity index is 2.10. The number of nitrogens with one attached hydrogen (secondary N) is 2. The Morgan fingerprint density at radius 1 is 1.25 bits per heavy atom. The molecule has 1 aliphatic heterocycles. The van der Waals surface area contributed by atoms with Crippen molar-refractivity contribution >= 4 is 6.03 Å². The van der Waals surface area contributed by atoms with Crippen molar-refractivity contribution in [2.24, 2.45) is 0 Å². The number of urea groups is 1. The van der Waals surface area contributed by atoms with Crippen molar-refractivity contribution in [1.29, 1.82) is 0 Å². The first-order valence-electron chi connectivity index (χ1n) is 2.93. The third-order valence-electron chi connectivity index (χ3n) is 1.91. The van der Waals surface area contributed by atoms with E-state index < -0.39 is 0 Å². The zero-order valence-electron chi connectivity index (χ0n) is 4.48. The lowest BCUT2D eigenvalue weighted by Crippen LogP contribution is -2.42. The molecule has 2 atom stereocenters. The predicted octanol–water partition coefficient (Wildman–Crippen LogP) is -0.170. The van der Waals surface area contributed by atoms with Gasteiger partial charge in [0.25, 0.3) is 0 Å². The maximum atomic E-state index is 10.5. The first kappa shape index (κ1) is 4.18. The Morgan fingerprint density at radius 3 is 2.00 bits per heavy atom. The third-order valence-corrected chi connectivity index (χ3v) is 1.91. The summed E-state index contributed by atoms with van der Waals surface area (Å²) in [6.07, 6.45) is 2.31. The fourth-order valence-corrected chi connectivity index (χ4v) is 1.22. The van der Waals surface area contributed by atoms with Gasteiger partial charge in [-0.1, -0.05) is 0 Å². The summed E-state index contributed by atoms with van der Waals surface area (Å²) in [5.74, 6) is 0. The summed E-state index contributed by atoms with van der Waals surface area (Å²) in [5, 5.41) is 5.61. The van der Waals surface area contributed by atoms with Gasteiger partial charge in [0.15, 0.2) is 0 Å². The van der Waals surface area contributed by atoms with Crippen molar-refractivity contribution < 1.29 is 4.79 Å². The van der Waals surface area contributed by atoms with E-state index in [1.807, 2.05) is 0 Å². The molecule has 44 valence electrons. The van der Waals surface area contributed by atoms with Crippen molar-refractivity contribution in [3.8, 4) is 0 Å². The van der Waals surface area contributed by atoms with Crippen LogP contribution in [0.25, 0.3) is 0 Å². The molecule has 2 rings (SSSR count). The monoisotopic (exact) mass is 112 g/mol. The largest absolute Gasteiger partial charge is 0.333 e. The summed E-state index contributed by atoms with van der Waals surface area (Å²) in [5.41, 5.74) is 0. The quantitative estimate of drug-likeness (QED) is 0.449. The van der Waals surface area contributed by atoms with Crippen LogP contribution >= 0.6 is 0 Å². The highest BCUT2D eigenvalue weighted by atomic mass is 16.2. The minimum absolute atomic E-state index is 0.0116. The minimum atomic E-state index is 0.0116. The van der Waals surface area contributed by atoms with E-state index in [1.165, 1.54) is 0 Å². The molecule has 2 unspecified atom stereocenters. The lowest BCUT2D eigenvalue weighted by atomic mass is 9.88. The van der Waals surface area contributed by atoms with Crippen LogP contribution < -0.4 is 10.6 Å². The average Bonchev–Trinajstić information content (AvgIpc) is 1.91. The lowest BCUT2D eigenvalue weighted by molar-refractivity contribution is 0.247. The normalized spacial score (nSPS) is 41.8. The minimum Gasteiger partial charge on any atom is -0.333 e. The van der Waals surface area contributed by atoms with E-state index in [0.29, 0.717) is 12.1 Å². The number of rotatable bonds is 0. The summed E-state index contributed by atoms with van der Waals surface area (Å²) in [7, 11) is 0. The fourth-order valence-electron chi connectivity index (χ4n) is 1.22. The van der Waals surface area contributed by atoms with Crippen molar-refractivity contribution in [3.05, 3.63) is 0 Å². The van der Waals surface area contributed by atoms with Crippen LogP contribution in [-0.2, 0) is 0 Å². The molecule has 3 heteroatoms. The van der Waals surface area contributed by atoms with E-state index in [0.717, 1.165) is 12.8 Å². The molecule has 0 radical (unpaired) electrons. The smallest absolute Gasteiger partial charge is 0.315 e. The Morgan fingerprint density at radius 2 is 1.75 bits per heavy atom. The highest BCUT2D eigenvalue weighted by Crippen LogP contribution is 2.22. The summed E-state index contributed by atoms with van der Waals surface area (Å²) in [6, 6.07) is 0.933. The van der Waals surface area contributed by atoms with E-state index in [4.69, 9.17) is 0 Å². The molecule has 0 bridgehead atoms. The summed E-state index contributed by atoms with van der Waals surface area (Å²) >= 11 is 0. The molecule has 3 nitrogen and oxygen atoms in total. The molecule has 8 heavy (non-hydrogen) atoms. The molecule has 1 saturated heterocycles. The number of amides is 2. The van der Waals surface area contributed by atoms with Crippen molar-refractivity contribution in [2.45, 2.75) is 24.9 Å². The fraction of sp³-hybridized carbons (Fsp3) is 0.800. The van der Waals surface area contributed by atoms with E-state index >= 15 is 0 Å². The van der Waals surface area contributed by atoms with Crippen LogP contribution in [0, 0.1) is 0 Å². The van der Waals surface area contributed by atoms with Gasteiger partial charge in [0.05, 0.1) is 12.1 Å². The van der Waals surface area contributed by atoms with Crippen LogP contribution in [0.1, 0.15) is 12.8 Å². The summed E-state index contributed by atoms with van der Waals surface area (Å²) in [6.45, 7) is 0. The lowest BCUT2D eigenvalue weighted by Gasteiger charge is -2.27. The highest BCUT2D eigenvalue weighted by Gasteiger charge is 2.38. The number of hydrogen-bond donors (Lipinski definition) is 2. The molecule has 0 aromatic heterocycles. The Bertz CT molecular complexity index is 120. The molecule has 0 aromatic carbocycles. The maximum Gasteiger partial charge on any atom is 0.315 e. The number of fused-ring (bicyclic) bond motifs is 1. The van der Waals surface area contributed by atoms with Gasteiger partial charge in [-0.05, 0) is 12.8 Å². The van der Waals surface area contributed by atoms with Crippen molar-refractivity contribution in [1.82, 2.24) is 10.6 Å². The second kappa shape index (κ2) is 1.16. The summed E-state index contributed by atoms with van der Waals surface area (Å²) in [4.78, 5) is 10.5. The van der Waals surface area contributed by atoms with Crippen LogP contribution in [0.4, 0.5) is 4.79 Å². The number of carbonyl (C=O) groups excluding carboxylic acids is 1. The third kappa shape index (κ3) is 0.363. The Hall–Kier alpha value is -0.730. The van der Waals surface area contributed by atoms with Gasteiger partial charge in [0, 0.05) is 0 Å². The SMILES string of the molecule is O=C1NC2CCC2N1. The zero-order chi connectivity index (χ0) is 5.56. The van der Waals surface area contributed by atoms with Crippen molar-refractivity contribution in [2.75, 3.05) is 0 Å². The van der Waals surface area contributed by atoms with Gasteiger partial charge in [-0.25, -0.2) is 4.79 Å². The highest BCUT2D eigenvalue weighted by molar-refractivity contribution is 5.77. The van der Waals surface area contributed by atoms with Crippen LogP contribution in [0.15, 0.2) is 0 Å². The van der Waals surface area contributed by atoms with Crippen LogP contribution in [0.2, 0.25) is 0 Å². The first-order chi connectivity index (χ1) is 3.86. The van der Waals surface area contributed by atoms with Gasteiger partial charge in [-0.3, -0.25) is 0 Å². The van der Waals surface area contributed by atoms with Gasteiger partial charge < -0.3 is 10.6 Å². The topological polar surface area (TPSA) is 41.1 Å². The van der Waals surface area contributed by atoms with Gasteiger partial charge in [0.2, 0.25) is 0 Å². The van der Waals surface area contributed by atoms with E-state index in [2.05, 4.69) is 10.6 Å². The van der Waals surface area contributed by atoms with Crippen LogP contribution in [0.5, 0.6) is 0 Å². The molecule has 1 aliphatic carbocycles. The second-order valence-corrected chi connectivity index (χ2v) is 2.41. The molecule has 1 heterocycles. The molecular weight excluding hydrogens is 104 g/mol. The van der Waals surface area contributed by atoms with E-state index in [9.17, 15) is 4.79 Å². The Kier molecular flexibility index (Phi) is 0.604. The molecular formula is C5H8N2O. The first-order valence-corrected chi connectivity index (χ1v) is 2.93. The standard InChI is InChI=1S/C5H8N2O/c8-5-6-3-1-2-4(3)7-5/h3-4H,1-2H2,(H2,6,7,8). The average molecular weight is 112 g/mol. The second-order valence-electron chi connectivity index (χ2n) is 2.41. The molecule has 0 spiro atoms. The van der Waals surface area contributed by atoms with Crippen LogP contribution in [0.3, 0.4) is 0 Å². The molecule has 2 amide bonds. The zero-order valence-corrected chi connectivity index (χ0v) is 4.48. The molecule has 2 aliphatic rings. The summed E-state index contributed by atoms with van der Waals surface area (Å²) < 4.78 is 0. The maximum absolute atomic E-state index is 10.5. The van der Waals surface area contributed by atoms with Gasteiger partial charge in [-0.15, -0.1) is 0 Å². The van der Waals surface area contributed by atoms with E-state index in [1.54, 1.807) is 0 Å². The van der Waals surface area contributed by atoms with Crippen molar-refractivity contribution in [3.63, 3.8) is 0 Å². The molecule has 2 fully saturated rings. The number of carbonyl (C=O) groups is 1. The predicted molar refractivity (Wildman–Crippen MR) is 28.5 cm³/mol. The van der Waals surface area contributed by atoms with Gasteiger partial charge in [-0.2, -0.15) is 0 Å².